The Labute approximate surface area is 107 Å². The summed E-state index contributed by atoms with van der Waals surface area (Å²) in [4.78, 5) is 4.24. The van der Waals surface area contributed by atoms with Crippen molar-refractivity contribution < 1.29 is 4.21 Å². The molecule has 0 aliphatic heterocycles. The molecule has 2 N–H and O–H groups in total. The van der Waals surface area contributed by atoms with Gasteiger partial charge in [0.1, 0.15) is 0 Å². The molecule has 0 spiro atoms. The highest BCUT2D eigenvalue weighted by molar-refractivity contribution is 7.84. The summed E-state index contributed by atoms with van der Waals surface area (Å²) in [6.07, 6.45) is 1.69. The molecular weight excluding hydrogens is 258 g/mol. The van der Waals surface area contributed by atoms with E-state index in [-0.39, 0.29) is 5.25 Å². The van der Waals surface area contributed by atoms with Gasteiger partial charge >= 0.3 is 0 Å². The lowest BCUT2D eigenvalue weighted by Crippen LogP contribution is -2.18. The molecule has 6 heteroatoms. The summed E-state index contributed by atoms with van der Waals surface area (Å²) in [6.45, 7) is 2.52. The second kappa shape index (κ2) is 4.66. The largest absolute Gasteiger partial charge is 0.369 e. The van der Waals surface area contributed by atoms with Gasteiger partial charge in [0.25, 0.3) is 0 Å². The standard InChI is InChI=1S/C11H14ClN3OS/c1-7(17(2)16)6-15-10-4-3-8(12)5-9(10)14-11(15)13/h3-5,7H,6H2,1-2H3,(H2,13,14). The minimum atomic E-state index is -0.881. The summed E-state index contributed by atoms with van der Waals surface area (Å²) < 4.78 is 13.3. The molecule has 0 aliphatic rings. The minimum Gasteiger partial charge on any atom is -0.369 e. The van der Waals surface area contributed by atoms with Crippen LogP contribution in [0.4, 0.5) is 5.95 Å². The van der Waals surface area contributed by atoms with Crippen molar-refractivity contribution in [2.75, 3.05) is 12.0 Å². The second-order valence-corrected chi connectivity index (χ2v) is 6.26. The Kier molecular flexibility index (Phi) is 3.40. The zero-order chi connectivity index (χ0) is 12.6. The van der Waals surface area contributed by atoms with Crippen molar-refractivity contribution in [1.29, 1.82) is 0 Å². The summed E-state index contributed by atoms with van der Waals surface area (Å²) in [5.74, 6) is 0.430. The van der Waals surface area contributed by atoms with Crippen LogP contribution in [-0.4, -0.2) is 25.3 Å². The van der Waals surface area contributed by atoms with Crippen LogP contribution in [0.3, 0.4) is 0 Å². The van der Waals surface area contributed by atoms with Crippen molar-refractivity contribution in [1.82, 2.24) is 9.55 Å². The van der Waals surface area contributed by atoms with Gasteiger partial charge in [-0.3, -0.25) is 4.21 Å². The molecule has 92 valence electrons. The van der Waals surface area contributed by atoms with Crippen LogP contribution in [-0.2, 0) is 17.3 Å². The van der Waals surface area contributed by atoms with Gasteiger partial charge in [0.15, 0.2) is 0 Å². The Morgan fingerprint density at radius 1 is 1.59 bits per heavy atom. The topological polar surface area (TPSA) is 60.9 Å². The van der Waals surface area contributed by atoms with Gasteiger partial charge in [-0.05, 0) is 25.1 Å². The number of aromatic nitrogens is 2. The third kappa shape index (κ3) is 2.45. The number of rotatable bonds is 3. The first-order valence-electron chi connectivity index (χ1n) is 5.22. The summed E-state index contributed by atoms with van der Waals surface area (Å²) in [5.41, 5.74) is 7.55. The van der Waals surface area contributed by atoms with Crippen LogP contribution in [0.1, 0.15) is 6.92 Å². The molecule has 2 unspecified atom stereocenters. The average molecular weight is 272 g/mol. The van der Waals surface area contributed by atoms with Crippen molar-refractivity contribution in [3.05, 3.63) is 23.2 Å². The fourth-order valence-electron chi connectivity index (χ4n) is 1.68. The molecule has 0 aliphatic carbocycles. The minimum absolute atomic E-state index is 0.0328. The number of nitrogens with two attached hydrogens (primary N) is 1. The van der Waals surface area contributed by atoms with Crippen molar-refractivity contribution in [2.45, 2.75) is 18.7 Å². The van der Waals surface area contributed by atoms with Crippen LogP contribution in [0.15, 0.2) is 18.2 Å². The monoisotopic (exact) mass is 271 g/mol. The Morgan fingerprint density at radius 3 is 2.94 bits per heavy atom. The smallest absolute Gasteiger partial charge is 0.201 e. The van der Waals surface area contributed by atoms with E-state index < -0.39 is 10.8 Å². The van der Waals surface area contributed by atoms with Crippen LogP contribution < -0.4 is 5.73 Å². The van der Waals surface area contributed by atoms with Crippen LogP contribution in [0.5, 0.6) is 0 Å². The molecule has 2 atom stereocenters. The SMILES string of the molecule is CC(Cn1c(N)nc2cc(Cl)ccc21)S(C)=O. The molecule has 0 saturated heterocycles. The van der Waals surface area contributed by atoms with Gasteiger partial charge in [-0.15, -0.1) is 0 Å². The molecule has 1 heterocycles. The molecule has 0 amide bonds. The highest BCUT2D eigenvalue weighted by atomic mass is 35.5. The Morgan fingerprint density at radius 2 is 2.29 bits per heavy atom. The van der Waals surface area contributed by atoms with Crippen molar-refractivity contribution >= 4 is 39.4 Å². The van der Waals surface area contributed by atoms with Gasteiger partial charge in [-0.2, -0.15) is 0 Å². The van der Waals surface area contributed by atoms with Gasteiger partial charge in [0, 0.05) is 33.9 Å². The molecular formula is C11H14ClN3OS. The maximum absolute atomic E-state index is 11.4. The fraction of sp³-hybridized carbons (Fsp3) is 0.364. The number of nitrogens with zero attached hydrogens (tertiary/aromatic N) is 2. The van der Waals surface area contributed by atoms with Crippen LogP contribution in [0.2, 0.25) is 5.02 Å². The van der Waals surface area contributed by atoms with E-state index in [4.69, 9.17) is 17.3 Å². The normalized spacial score (nSPS) is 15.0. The number of hydrogen-bond acceptors (Lipinski definition) is 3. The molecule has 2 aromatic rings. The summed E-state index contributed by atoms with van der Waals surface area (Å²) in [7, 11) is -0.881. The van der Waals surface area contributed by atoms with Gasteiger partial charge < -0.3 is 10.3 Å². The third-order valence-electron chi connectivity index (χ3n) is 2.75. The van der Waals surface area contributed by atoms with Crippen molar-refractivity contribution in [2.24, 2.45) is 0 Å². The highest BCUT2D eigenvalue weighted by Crippen LogP contribution is 2.22. The Hall–Kier alpha value is -1.07. The molecule has 17 heavy (non-hydrogen) atoms. The van der Waals surface area contributed by atoms with E-state index in [0.29, 0.717) is 17.5 Å². The molecule has 4 nitrogen and oxygen atoms in total. The average Bonchev–Trinajstić information content (AvgIpc) is 2.54. The first-order valence-corrected chi connectivity index (χ1v) is 7.22. The molecule has 1 aromatic heterocycles. The number of nitrogen functional groups attached to an aromatic ring is 1. The summed E-state index contributed by atoms with van der Waals surface area (Å²) in [5, 5.41) is 0.666. The first-order chi connectivity index (χ1) is 7.99. The lowest BCUT2D eigenvalue weighted by Gasteiger charge is -2.11. The number of halogens is 1. The fourth-order valence-corrected chi connectivity index (χ4v) is 2.20. The molecule has 1 aromatic carbocycles. The zero-order valence-electron chi connectivity index (χ0n) is 9.68. The summed E-state index contributed by atoms with van der Waals surface area (Å²) in [6, 6.07) is 5.46. The number of anilines is 1. The molecule has 0 radical (unpaired) electrons. The van der Waals surface area contributed by atoms with Crippen LogP contribution >= 0.6 is 11.6 Å². The van der Waals surface area contributed by atoms with E-state index in [0.717, 1.165) is 11.0 Å². The van der Waals surface area contributed by atoms with E-state index in [1.165, 1.54) is 0 Å². The van der Waals surface area contributed by atoms with E-state index in [9.17, 15) is 4.21 Å². The van der Waals surface area contributed by atoms with Gasteiger partial charge in [-0.25, -0.2) is 4.98 Å². The van der Waals surface area contributed by atoms with Gasteiger partial charge in [0.2, 0.25) is 5.95 Å². The Bertz CT molecular complexity index is 581. The number of fused-ring (bicyclic) bond motifs is 1. The second-order valence-electron chi connectivity index (χ2n) is 4.02. The number of benzene rings is 1. The Balaban J connectivity index is 2.46. The maximum atomic E-state index is 11.4. The lowest BCUT2D eigenvalue weighted by molar-refractivity contribution is 0.653. The quantitative estimate of drug-likeness (QED) is 0.929. The predicted octanol–water partition coefficient (Wildman–Crippen LogP) is 2.04. The van der Waals surface area contributed by atoms with Gasteiger partial charge in [-0.1, -0.05) is 11.6 Å². The molecule has 0 fully saturated rings. The molecule has 0 saturated carbocycles. The van der Waals surface area contributed by atoms with Crippen molar-refractivity contribution in [3.8, 4) is 0 Å². The van der Waals surface area contributed by atoms with E-state index in [2.05, 4.69) is 4.98 Å². The van der Waals surface area contributed by atoms with Crippen LogP contribution in [0, 0.1) is 0 Å². The molecule has 2 rings (SSSR count). The van der Waals surface area contributed by atoms with Gasteiger partial charge in [0.05, 0.1) is 11.0 Å². The highest BCUT2D eigenvalue weighted by Gasteiger charge is 2.13. The first kappa shape index (κ1) is 12.4. The number of hydrogen-bond donors (Lipinski definition) is 1. The lowest BCUT2D eigenvalue weighted by atomic mass is 10.3. The predicted molar refractivity (Wildman–Crippen MR) is 72.7 cm³/mol. The zero-order valence-corrected chi connectivity index (χ0v) is 11.3. The van der Waals surface area contributed by atoms with Crippen molar-refractivity contribution in [3.63, 3.8) is 0 Å². The van der Waals surface area contributed by atoms with E-state index in [1.54, 1.807) is 18.4 Å². The van der Waals surface area contributed by atoms with E-state index >= 15 is 0 Å². The van der Waals surface area contributed by atoms with Crippen LogP contribution in [0.25, 0.3) is 11.0 Å². The third-order valence-corrected chi connectivity index (χ3v) is 4.26. The maximum Gasteiger partial charge on any atom is 0.201 e. The number of imidazole rings is 1. The molecule has 0 bridgehead atoms. The summed E-state index contributed by atoms with van der Waals surface area (Å²) >= 11 is 5.90. The van der Waals surface area contributed by atoms with E-state index in [1.807, 2.05) is 17.6 Å².